The summed E-state index contributed by atoms with van der Waals surface area (Å²) in [5, 5.41) is 0. The smallest absolute Gasteiger partial charge is 0.111 e. The normalized spacial score (nSPS) is 30.9. The molecule has 0 heterocycles. The van der Waals surface area contributed by atoms with E-state index < -0.39 is 0 Å². The van der Waals surface area contributed by atoms with Crippen molar-refractivity contribution in [2.24, 2.45) is 0 Å². The quantitative estimate of drug-likeness (QED) is 0.562. The third-order valence-corrected chi connectivity index (χ3v) is 2.19. The summed E-state index contributed by atoms with van der Waals surface area (Å²) in [6.45, 7) is 0. The molecule has 0 atom stereocenters. The van der Waals surface area contributed by atoms with E-state index in [2.05, 4.69) is 6.11 Å². The van der Waals surface area contributed by atoms with Gasteiger partial charge in [-0.1, -0.05) is 6.42 Å². The second-order valence-corrected chi connectivity index (χ2v) is 2.87. The van der Waals surface area contributed by atoms with E-state index in [9.17, 15) is 0 Å². The van der Waals surface area contributed by atoms with Gasteiger partial charge in [0.15, 0.2) is 0 Å². The van der Waals surface area contributed by atoms with E-state index in [-0.39, 0.29) is 6.10 Å². The monoisotopic (exact) mass is 154 g/mol. The Labute approximate surface area is 67.9 Å². The largest absolute Gasteiger partial charge is 0.443 e. The third-order valence-electron chi connectivity index (χ3n) is 2.19. The molecule has 0 aromatic rings. The van der Waals surface area contributed by atoms with E-state index in [0.29, 0.717) is 6.10 Å². The standard InChI is InChI=1S/C9H14O2/c1-3-11-9-6-4-8(10-2)5-7-9/h1,8-9H,4-7H2,2H3. The Morgan fingerprint density at radius 1 is 1.18 bits per heavy atom. The molecule has 2 heteroatoms. The van der Waals surface area contributed by atoms with Crippen molar-refractivity contribution in [3.8, 4) is 12.5 Å². The van der Waals surface area contributed by atoms with Crippen LogP contribution in [0.4, 0.5) is 0 Å². The minimum absolute atomic E-state index is 0.270. The molecule has 2 nitrogen and oxygen atoms in total. The van der Waals surface area contributed by atoms with Crippen LogP contribution in [0.5, 0.6) is 0 Å². The fourth-order valence-electron chi connectivity index (χ4n) is 1.48. The van der Waals surface area contributed by atoms with E-state index in [1.54, 1.807) is 7.11 Å². The summed E-state index contributed by atoms with van der Waals surface area (Å²) < 4.78 is 10.3. The fraction of sp³-hybridized carbons (Fsp3) is 0.778. The summed E-state index contributed by atoms with van der Waals surface area (Å²) in [6, 6.07) is 0. The molecule has 11 heavy (non-hydrogen) atoms. The summed E-state index contributed by atoms with van der Waals surface area (Å²) in [5.74, 6) is 0. The van der Waals surface area contributed by atoms with Gasteiger partial charge in [-0.2, -0.15) is 0 Å². The van der Waals surface area contributed by atoms with Crippen molar-refractivity contribution in [1.82, 2.24) is 0 Å². The molecule has 1 saturated carbocycles. The van der Waals surface area contributed by atoms with Crippen molar-refractivity contribution < 1.29 is 9.47 Å². The van der Waals surface area contributed by atoms with Crippen molar-refractivity contribution in [1.29, 1.82) is 0 Å². The molecule has 0 N–H and O–H groups in total. The molecule has 0 aromatic heterocycles. The molecule has 0 aromatic carbocycles. The average molecular weight is 154 g/mol. The number of terminal acetylenes is 1. The molecule has 0 bridgehead atoms. The average Bonchev–Trinajstić information content (AvgIpc) is 2.07. The molecule has 0 radical (unpaired) electrons. The highest BCUT2D eigenvalue weighted by atomic mass is 16.5. The summed E-state index contributed by atoms with van der Waals surface area (Å²) in [4.78, 5) is 0. The van der Waals surface area contributed by atoms with Crippen LogP contribution in [0.1, 0.15) is 25.7 Å². The van der Waals surface area contributed by atoms with Crippen LogP contribution in [0.3, 0.4) is 0 Å². The maximum Gasteiger partial charge on any atom is 0.111 e. The first-order valence-corrected chi connectivity index (χ1v) is 4.01. The van der Waals surface area contributed by atoms with Crippen molar-refractivity contribution in [2.75, 3.05) is 7.11 Å². The molecule has 0 saturated heterocycles. The Kier molecular flexibility index (Phi) is 3.25. The molecule has 0 amide bonds. The van der Waals surface area contributed by atoms with Crippen LogP contribution in [0.15, 0.2) is 0 Å². The lowest BCUT2D eigenvalue weighted by atomic mass is 9.95. The van der Waals surface area contributed by atoms with Gasteiger partial charge in [0.2, 0.25) is 0 Å². The van der Waals surface area contributed by atoms with E-state index in [4.69, 9.17) is 15.9 Å². The Hall–Kier alpha value is -0.680. The second-order valence-electron chi connectivity index (χ2n) is 2.87. The highest BCUT2D eigenvalue weighted by Gasteiger charge is 2.20. The van der Waals surface area contributed by atoms with Crippen LogP contribution < -0.4 is 0 Å². The zero-order chi connectivity index (χ0) is 8.10. The third kappa shape index (κ3) is 2.44. The summed E-state index contributed by atoms with van der Waals surface area (Å²) in [6.07, 6.45) is 12.2. The highest BCUT2D eigenvalue weighted by Crippen LogP contribution is 2.22. The lowest BCUT2D eigenvalue weighted by Gasteiger charge is -2.25. The van der Waals surface area contributed by atoms with E-state index >= 15 is 0 Å². The van der Waals surface area contributed by atoms with Crippen LogP contribution in [0.2, 0.25) is 0 Å². The van der Waals surface area contributed by atoms with Crippen molar-refractivity contribution in [2.45, 2.75) is 37.9 Å². The lowest BCUT2D eigenvalue weighted by Crippen LogP contribution is -2.24. The van der Waals surface area contributed by atoms with E-state index in [1.165, 1.54) is 0 Å². The number of rotatable bonds is 2. The van der Waals surface area contributed by atoms with Crippen molar-refractivity contribution in [3.05, 3.63) is 0 Å². The van der Waals surface area contributed by atoms with Gasteiger partial charge in [-0.05, 0) is 25.7 Å². The predicted octanol–water partition coefficient (Wildman–Crippen LogP) is 1.55. The first-order valence-electron chi connectivity index (χ1n) is 4.01. The molecule has 0 unspecified atom stereocenters. The Balaban J connectivity index is 2.20. The maximum atomic E-state index is 5.21. The Morgan fingerprint density at radius 3 is 2.18 bits per heavy atom. The summed E-state index contributed by atoms with van der Waals surface area (Å²) in [7, 11) is 1.76. The molecule has 1 aliphatic carbocycles. The minimum atomic E-state index is 0.270. The van der Waals surface area contributed by atoms with E-state index in [0.717, 1.165) is 25.7 Å². The SMILES string of the molecule is C#COC1CCC(OC)CC1. The number of hydrogen-bond acceptors (Lipinski definition) is 2. The molecule has 0 aliphatic heterocycles. The van der Waals surface area contributed by atoms with Gasteiger partial charge >= 0.3 is 0 Å². The highest BCUT2D eigenvalue weighted by molar-refractivity contribution is 4.78. The van der Waals surface area contributed by atoms with Gasteiger partial charge in [-0.15, -0.1) is 0 Å². The van der Waals surface area contributed by atoms with Crippen LogP contribution in [-0.2, 0) is 9.47 Å². The topological polar surface area (TPSA) is 18.5 Å². The zero-order valence-corrected chi connectivity index (χ0v) is 6.88. The van der Waals surface area contributed by atoms with Crippen molar-refractivity contribution >= 4 is 0 Å². The Morgan fingerprint density at radius 2 is 1.73 bits per heavy atom. The minimum Gasteiger partial charge on any atom is -0.443 e. The van der Waals surface area contributed by atoms with Gasteiger partial charge in [0.25, 0.3) is 0 Å². The van der Waals surface area contributed by atoms with Gasteiger partial charge in [-0.3, -0.25) is 0 Å². The van der Waals surface area contributed by atoms with Crippen LogP contribution >= 0.6 is 0 Å². The summed E-state index contributed by atoms with van der Waals surface area (Å²) >= 11 is 0. The van der Waals surface area contributed by atoms with Gasteiger partial charge in [0.1, 0.15) is 12.2 Å². The van der Waals surface area contributed by atoms with Gasteiger partial charge in [0.05, 0.1) is 6.10 Å². The number of methoxy groups -OCH3 is 1. The number of hydrogen-bond donors (Lipinski definition) is 0. The molecule has 1 aliphatic rings. The zero-order valence-electron chi connectivity index (χ0n) is 6.88. The molecule has 0 spiro atoms. The second kappa shape index (κ2) is 4.25. The maximum absolute atomic E-state index is 5.21. The first-order chi connectivity index (χ1) is 5.36. The Bertz CT molecular complexity index is 140. The first kappa shape index (κ1) is 8.42. The predicted molar refractivity (Wildman–Crippen MR) is 43.0 cm³/mol. The molecule has 62 valence electrons. The molecule has 1 rings (SSSR count). The van der Waals surface area contributed by atoms with Gasteiger partial charge in [0, 0.05) is 7.11 Å². The lowest BCUT2D eigenvalue weighted by molar-refractivity contribution is 0.0240. The molecule has 1 fully saturated rings. The van der Waals surface area contributed by atoms with Crippen LogP contribution in [0.25, 0.3) is 0 Å². The fourth-order valence-corrected chi connectivity index (χ4v) is 1.48. The van der Waals surface area contributed by atoms with Gasteiger partial charge < -0.3 is 9.47 Å². The van der Waals surface area contributed by atoms with Crippen LogP contribution in [0, 0.1) is 12.5 Å². The van der Waals surface area contributed by atoms with Crippen molar-refractivity contribution in [3.63, 3.8) is 0 Å². The van der Waals surface area contributed by atoms with Gasteiger partial charge in [-0.25, -0.2) is 0 Å². The van der Waals surface area contributed by atoms with E-state index in [1.807, 2.05) is 0 Å². The molecular weight excluding hydrogens is 140 g/mol. The molecular formula is C9H14O2. The van der Waals surface area contributed by atoms with Crippen LogP contribution in [-0.4, -0.2) is 19.3 Å². The summed E-state index contributed by atoms with van der Waals surface area (Å²) in [5.41, 5.74) is 0. The number of ether oxygens (including phenoxy) is 2.